The summed E-state index contributed by atoms with van der Waals surface area (Å²) in [6.45, 7) is 2.11. The minimum atomic E-state index is 1.04. The Kier molecular flexibility index (Phi) is 3.92. The Hall–Kier alpha value is -2.61. The van der Waals surface area contributed by atoms with Crippen LogP contribution in [0.15, 0.2) is 54.7 Å². The van der Waals surface area contributed by atoms with Gasteiger partial charge in [0.25, 0.3) is 0 Å². The van der Waals surface area contributed by atoms with Crippen LogP contribution in [0, 0.1) is 6.92 Å². The average Bonchev–Trinajstić information content (AvgIpc) is 2.54. The van der Waals surface area contributed by atoms with Crippen LogP contribution in [-0.4, -0.2) is 19.1 Å². The van der Waals surface area contributed by atoms with E-state index in [9.17, 15) is 0 Å². The first-order valence-electron chi connectivity index (χ1n) is 7.45. The standard InChI is InChI=1S/C20H20N2/c1-15-14-21-20-7-5-4-6-19(20)18(15)13-10-16-8-11-17(12-9-16)22(2)3/h4-14H,1-3H3/b13-10+. The summed E-state index contributed by atoms with van der Waals surface area (Å²) in [6, 6.07) is 16.8. The second-order valence-electron chi connectivity index (χ2n) is 5.69. The van der Waals surface area contributed by atoms with E-state index in [1.807, 2.05) is 12.3 Å². The molecule has 110 valence electrons. The molecule has 1 aromatic heterocycles. The van der Waals surface area contributed by atoms with E-state index in [4.69, 9.17) is 0 Å². The van der Waals surface area contributed by atoms with Crippen LogP contribution in [-0.2, 0) is 0 Å². The molecule has 0 spiro atoms. The summed E-state index contributed by atoms with van der Waals surface area (Å²) in [5.41, 5.74) is 5.88. The van der Waals surface area contributed by atoms with Gasteiger partial charge in [-0.25, -0.2) is 0 Å². The molecule has 0 bridgehead atoms. The first-order valence-corrected chi connectivity index (χ1v) is 7.45. The smallest absolute Gasteiger partial charge is 0.0708 e. The third-order valence-electron chi connectivity index (χ3n) is 3.87. The summed E-state index contributed by atoms with van der Waals surface area (Å²) >= 11 is 0. The van der Waals surface area contributed by atoms with Gasteiger partial charge in [-0.2, -0.15) is 0 Å². The molecule has 0 amide bonds. The highest BCUT2D eigenvalue weighted by atomic mass is 15.1. The van der Waals surface area contributed by atoms with E-state index in [0.717, 1.165) is 5.52 Å². The fraction of sp³-hybridized carbons (Fsp3) is 0.150. The molecule has 3 rings (SSSR count). The molecule has 0 aliphatic rings. The molecule has 2 heteroatoms. The van der Waals surface area contributed by atoms with Gasteiger partial charge in [-0.1, -0.05) is 42.5 Å². The summed E-state index contributed by atoms with van der Waals surface area (Å²) in [5, 5.41) is 1.20. The number of nitrogens with zero attached hydrogens (tertiary/aromatic N) is 2. The topological polar surface area (TPSA) is 16.1 Å². The lowest BCUT2D eigenvalue weighted by molar-refractivity contribution is 1.13. The Balaban J connectivity index is 1.97. The maximum Gasteiger partial charge on any atom is 0.0708 e. The van der Waals surface area contributed by atoms with Crippen molar-refractivity contribution in [2.24, 2.45) is 0 Å². The van der Waals surface area contributed by atoms with Crippen molar-refractivity contribution in [3.63, 3.8) is 0 Å². The first kappa shape index (κ1) is 14.3. The second kappa shape index (κ2) is 6.02. The molecular formula is C20H20N2. The largest absolute Gasteiger partial charge is 0.378 e. The normalized spacial score (nSPS) is 11.2. The lowest BCUT2D eigenvalue weighted by Crippen LogP contribution is -2.07. The summed E-state index contributed by atoms with van der Waals surface area (Å²) < 4.78 is 0. The number of aryl methyl sites for hydroxylation is 1. The molecule has 0 aliphatic heterocycles. The third kappa shape index (κ3) is 2.86. The number of aromatic nitrogens is 1. The minimum Gasteiger partial charge on any atom is -0.378 e. The SMILES string of the molecule is Cc1cnc2ccccc2c1/C=C/c1ccc(N(C)C)cc1. The van der Waals surface area contributed by atoms with Crippen molar-refractivity contribution in [1.82, 2.24) is 4.98 Å². The van der Waals surface area contributed by atoms with E-state index in [1.165, 1.54) is 27.8 Å². The van der Waals surface area contributed by atoms with Gasteiger partial charge in [-0.3, -0.25) is 4.98 Å². The average molecular weight is 288 g/mol. The molecule has 0 N–H and O–H groups in total. The van der Waals surface area contributed by atoms with Crippen molar-refractivity contribution in [3.05, 3.63) is 71.4 Å². The van der Waals surface area contributed by atoms with Crippen molar-refractivity contribution in [1.29, 1.82) is 0 Å². The van der Waals surface area contributed by atoms with E-state index in [2.05, 4.69) is 85.5 Å². The highest BCUT2D eigenvalue weighted by Gasteiger charge is 2.02. The van der Waals surface area contributed by atoms with Gasteiger partial charge in [0.05, 0.1) is 5.52 Å². The molecule has 2 nitrogen and oxygen atoms in total. The summed E-state index contributed by atoms with van der Waals surface area (Å²) in [5.74, 6) is 0. The van der Waals surface area contributed by atoms with Crippen LogP contribution in [0.2, 0.25) is 0 Å². The van der Waals surface area contributed by atoms with Crippen LogP contribution in [0.25, 0.3) is 23.1 Å². The van der Waals surface area contributed by atoms with Crippen molar-refractivity contribution in [2.75, 3.05) is 19.0 Å². The highest BCUT2D eigenvalue weighted by Crippen LogP contribution is 2.22. The highest BCUT2D eigenvalue weighted by molar-refractivity contribution is 5.91. The van der Waals surface area contributed by atoms with Gasteiger partial charge < -0.3 is 4.90 Å². The maximum atomic E-state index is 4.49. The molecule has 1 heterocycles. The maximum absolute atomic E-state index is 4.49. The van der Waals surface area contributed by atoms with E-state index in [-0.39, 0.29) is 0 Å². The monoisotopic (exact) mass is 288 g/mol. The zero-order chi connectivity index (χ0) is 15.5. The van der Waals surface area contributed by atoms with Crippen LogP contribution in [0.3, 0.4) is 0 Å². The number of anilines is 1. The molecule has 0 aliphatic carbocycles. The zero-order valence-corrected chi connectivity index (χ0v) is 13.2. The number of pyridine rings is 1. The van der Waals surface area contributed by atoms with Gasteiger partial charge in [0.15, 0.2) is 0 Å². The van der Waals surface area contributed by atoms with Gasteiger partial charge in [0.2, 0.25) is 0 Å². The number of hydrogen-bond donors (Lipinski definition) is 0. The van der Waals surface area contributed by atoms with Crippen LogP contribution < -0.4 is 4.90 Å². The summed E-state index contributed by atoms with van der Waals surface area (Å²) in [7, 11) is 4.11. The molecular weight excluding hydrogens is 268 g/mol. The van der Waals surface area contributed by atoms with Gasteiger partial charge in [0, 0.05) is 31.4 Å². The molecule has 0 fully saturated rings. The Bertz CT molecular complexity index is 815. The fourth-order valence-electron chi connectivity index (χ4n) is 2.55. The van der Waals surface area contributed by atoms with E-state index >= 15 is 0 Å². The second-order valence-corrected chi connectivity index (χ2v) is 5.69. The molecule has 22 heavy (non-hydrogen) atoms. The Morgan fingerprint density at radius 2 is 1.64 bits per heavy atom. The quantitative estimate of drug-likeness (QED) is 0.689. The van der Waals surface area contributed by atoms with Crippen LogP contribution in [0.1, 0.15) is 16.7 Å². The summed E-state index contributed by atoms with van der Waals surface area (Å²) in [4.78, 5) is 6.59. The zero-order valence-electron chi connectivity index (χ0n) is 13.2. The number of para-hydroxylation sites is 1. The number of rotatable bonds is 3. The lowest BCUT2D eigenvalue weighted by Gasteiger charge is -2.11. The van der Waals surface area contributed by atoms with Crippen molar-refractivity contribution in [2.45, 2.75) is 6.92 Å². The molecule has 3 aromatic rings. The third-order valence-corrected chi connectivity index (χ3v) is 3.87. The predicted molar refractivity (Wildman–Crippen MR) is 96.2 cm³/mol. The van der Waals surface area contributed by atoms with E-state index in [1.54, 1.807) is 0 Å². The van der Waals surface area contributed by atoms with Gasteiger partial charge in [-0.15, -0.1) is 0 Å². The van der Waals surface area contributed by atoms with Crippen molar-refractivity contribution >= 4 is 28.7 Å². The number of fused-ring (bicyclic) bond motifs is 1. The lowest BCUT2D eigenvalue weighted by atomic mass is 10.0. The Labute approximate surface area is 131 Å². The first-order chi connectivity index (χ1) is 10.6. The number of benzene rings is 2. The summed E-state index contributed by atoms with van der Waals surface area (Å²) in [6.07, 6.45) is 6.29. The minimum absolute atomic E-state index is 1.04. The predicted octanol–water partition coefficient (Wildman–Crippen LogP) is 4.78. The molecule has 0 radical (unpaired) electrons. The van der Waals surface area contributed by atoms with Crippen LogP contribution in [0.4, 0.5) is 5.69 Å². The van der Waals surface area contributed by atoms with Crippen LogP contribution >= 0.6 is 0 Å². The van der Waals surface area contributed by atoms with Crippen molar-refractivity contribution < 1.29 is 0 Å². The number of hydrogen-bond acceptors (Lipinski definition) is 2. The molecule has 2 aromatic carbocycles. The Morgan fingerprint density at radius 3 is 2.36 bits per heavy atom. The van der Waals surface area contributed by atoms with Gasteiger partial charge in [0.1, 0.15) is 0 Å². The van der Waals surface area contributed by atoms with Crippen LogP contribution in [0.5, 0.6) is 0 Å². The van der Waals surface area contributed by atoms with E-state index < -0.39 is 0 Å². The molecule has 0 saturated heterocycles. The Morgan fingerprint density at radius 1 is 0.909 bits per heavy atom. The van der Waals surface area contributed by atoms with Crippen molar-refractivity contribution in [3.8, 4) is 0 Å². The van der Waals surface area contributed by atoms with E-state index in [0.29, 0.717) is 0 Å². The fourth-order valence-corrected chi connectivity index (χ4v) is 2.55. The molecule has 0 atom stereocenters. The molecule has 0 unspecified atom stereocenters. The van der Waals surface area contributed by atoms with Gasteiger partial charge in [-0.05, 0) is 41.8 Å². The van der Waals surface area contributed by atoms with Gasteiger partial charge >= 0.3 is 0 Å². The molecule has 0 saturated carbocycles.